The van der Waals surface area contributed by atoms with Crippen LogP contribution in [0.2, 0.25) is 0 Å². The van der Waals surface area contributed by atoms with Gasteiger partial charge in [-0.25, -0.2) is 4.39 Å². The molecule has 1 aromatic carbocycles. The first-order valence-corrected chi connectivity index (χ1v) is 7.17. The average Bonchev–Trinajstić information content (AvgIpc) is 2.28. The average molecular weight is 257 g/mol. The Labute approximate surface area is 103 Å². The summed E-state index contributed by atoms with van der Waals surface area (Å²) in [4.78, 5) is 2.39. The number of rotatable bonds is 4. The molecule has 1 rings (SSSR count). The molecule has 0 unspecified atom stereocenters. The van der Waals surface area contributed by atoms with Crippen molar-refractivity contribution >= 4 is 32.5 Å². The van der Waals surface area contributed by atoms with E-state index in [1.807, 2.05) is 26.0 Å². The molecule has 0 saturated heterocycles. The molecule has 1 aromatic rings. The highest BCUT2D eigenvalue weighted by Gasteiger charge is 2.13. The van der Waals surface area contributed by atoms with E-state index >= 15 is 0 Å². The Morgan fingerprint density at radius 1 is 1.24 bits per heavy atom. The van der Waals surface area contributed by atoms with Gasteiger partial charge in [0.05, 0.1) is 11.4 Å². The van der Waals surface area contributed by atoms with E-state index in [2.05, 4.69) is 21.8 Å². The van der Waals surface area contributed by atoms with Gasteiger partial charge in [-0.05, 0) is 13.1 Å². The van der Waals surface area contributed by atoms with E-state index in [1.165, 1.54) is 6.07 Å². The van der Waals surface area contributed by atoms with Gasteiger partial charge >= 0.3 is 0 Å². The van der Waals surface area contributed by atoms with Crippen LogP contribution in [0.5, 0.6) is 0 Å². The van der Waals surface area contributed by atoms with Crippen LogP contribution in [0.4, 0.5) is 15.8 Å². The molecular weight excluding hydrogens is 237 g/mol. The first-order chi connectivity index (χ1) is 7.83. The zero-order valence-electron chi connectivity index (χ0n) is 10.8. The predicted molar refractivity (Wildman–Crippen MR) is 79.4 cm³/mol. The molecule has 0 aliphatic carbocycles. The Morgan fingerprint density at radius 3 is 2.24 bits per heavy atom. The van der Waals surface area contributed by atoms with E-state index in [0.717, 1.165) is 11.4 Å². The van der Waals surface area contributed by atoms with Crippen LogP contribution in [0.3, 0.4) is 0 Å². The summed E-state index contributed by atoms with van der Waals surface area (Å²) in [6.45, 7) is 0. The highest BCUT2D eigenvalue weighted by Crippen LogP contribution is 2.36. The van der Waals surface area contributed by atoms with Crippen LogP contribution in [0, 0.1) is 5.82 Å². The zero-order valence-corrected chi connectivity index (χ0v) is 11.6. The standard InChI is InChI=1S/C12H20FN3S/c1-14-10-8-12(17(5,6)15-2)9(13)7-11(10)16(3)4/h7-8,14-15H,5-6H2,1-4H3. The van der Waals surface area contributed by atoms with Gasteiger partial charge in [0.2, 0.25) is 0 Å². The van der Waals surface area contributed by atoms with Crippen molar-refractivity contribution in [2.75, 3.05) is 38.4 Å². The lowest BCUT2D eigenvalue weighted by Gasteiger charge is -2.21. The molecule has 0 saturated carbocycles. The molecule has 0 aromatic heterocycles. The third-order valence-electron chi connectivity index (χ3n) is 2.61. The monoisotopic (exact) mass is 257 g/mol. The lowest BCUT2D eigenvalue weighted by Crippen LogP contribution is -2.12. The molecule has 0 aliphatic rings. The van der Waals surface area contributed by atoms with Crippen molar-refractivity contribution in [3.8, 4) is 0 Å². The van der Waals surface area contributed by atoms with Gasteiger partial charge in [0.1, 0.15) is 5.82 Å². The molecule has 0 heterocycles. The van der Waals surface area contributed by atoms with Gasteiger partial charge in [0.15, 0.2) is 0 Å². The summed E-state index contributed by atoms with van der Waals surface area (Å²) < 4.78 is 17.0. The summed E-state index contributed by atoms with van der Waals surface area (Å²) in [5, 5.41) is 3.06. The number of nitrogens with zero attached hydrogens (tertiary/aromatic N) is 1. The highest BCUT2D eigenvalue weighted by atomic mass is 32.2. The number of benzene rings is 1. The fraction of sp³-hybridized carbons (Fsp3) is 0.333. The van der Waals surface area contributed by atoms with Gasteiger partial charge in [-0.1, -0.05) is 11.7 Å². The molecule has 3 nitrogen and oxygen atoms in total. The van der Waals surface area contributed by atoms with Gasteiger partial charge in [0.25, 0.3) is 0 Å². The lowest BCUT2D eigenvalue weighted by atomic mass is 10.2. The number of halogens is 1. The van der Waals surface area contributed by atoms with Crippen molar-refractivity contribution in [2.24, 2.45) is 0 Å². The topological polar surface area (TPSA) is 27.3 Å². The quantitative estimate of drug-likeness (QED) is 0.809. The minimum absolute atomic E-state index is 0.276. The van der Waals surface area contributed by atoms with Crippen molar-refractivity contribution in [2.45, 2.75) is 4.90 Å². The smallest absolute Gasteiger partial charge is 0.139 e. The van der Waals surface area contributed by atoms with Crippen LogP contribution in [-0.4, -0.2) is 39.9 Å². The Morgan fingerprint density at radius 2 is 1.82 bits per heavy atom. The second-order valence-corrected chi connectivity index (χ2v) is 6.65. The molecule has 2 N–H and O–H groups in total. The lowest BCUT2D eigenvalue weighted by molar-refractivity contribution is 0.601. The highest BCUT2D eigenvalue weighted by molar-refractivity contribution is 8.26. The fourth-order valence-electron chi connectivity index (χ4n) is 1.52. The molecule has 0 atom stereocenters. The second-order valence-electron chi connectivity index (χ2n) is 4.03. The molecule has 96 valence electrons. The predicted octanol–water partition coefficient (Wildman–Crippen LogP) is 2.10. The summed E-state index contributed by atoms with van der Waals surface area (Å²) in [5.74, 6) is 7.62. The Hall–Kier alpha value is -1.20. The maximum Gasteiger partial charge on any atom is 0.139 e. The molecule has 0 bridgehead atoms. The Balaban J connectivity index is 3.48. The van der Waals surface area contributed by atoms with Crippen molar-refractivity contribution < 1.29 is 4.39 Å². The summed E-state index contributed by atoms with van der Waals surface area (Å²) >= 11 is 0. The number of hydrogen-bond donors (Lipinski definition) is 2. The van der Waals surface area contributed by atoms with Gasteiger partial charge < -0.3 is 10.2 Å². The third kappa shape index (κ3) is 2.73. The molecule has 0 amide bonds. The molecular formula is C12H20FN3S. The number of hydrogen-bond acceptors (Lipinski definition) is 3. The maximum atomic E-state index is 14.1. The van der Waals surface area contributed by atoms with Crippen LogP contribution >= 0.6 is 9.39 Å². The summed E-state index contributed by atoms with van der Waals surface area (Å²) in [6, 6.07) is 3.28. The van der Waals surface area contributed by atoms with E-state index in [9.17, 15) is 4.39 Å². The summed E-state index contributed by atoms with van der Waals surface area (Å²) in [6.07, 6.45) is 0. The van der Waals surface area contributed by atoms with E-state index in [1.54, 1.807) is 13.1 Å². The summed E-state index contributed by atoms with van der Waals surface area (Å²) in [7, 11) is 5.52. The van der Waals surface area contributed by atoms with Crippen LogP contribution in [-0.2, 0) is 0 Å². The van der Waals surface area contributed by atoms with E-state index in [-0.39, 0.29) is 5.82 Å². The van der Waals surface area contributed by atoms with Gasteiger partial charge in [-0.3, -0.25) is 4.72 Å². The first kappa shape index (κ1) is 13.9. The molecule has 0 radical (unpaired) electrons. The van der Waals surface area contributed by atoms with Gasteiger partial charge in [-0.2, -0.15) is 0 Å². The van der Waals surface area contributed by atoms with Crippen molar-refractivity contribution in [1.29, 1.82) is 0 Å². The van der Waals surface area contributed by atoms with Crippen molar-refractivity contribution in [3.63, 3.8) is 0 Å². The minimum Gasteiger partial charge on any atom is -0.386 e. The normalized spacial score (nSPS) is 11.4. The fourth-order valence-corrected chi connectivity index (χ4v) is 2.52. The van der Waals surface area contributed by atoms with Crippen LogP contribution < -0.4 is 14.9 Å². The molecule has 0 spiro atoms. The Bertz CT molecular complexity index is 507. The second kappa shape index (κ2) is 4.98. The minimum atomic E-state index is -1.79. The van der Waals surface area contributed by atoms with Crippen molar-refractivity contribution in [3.05, 3.63) is 17.9 Å². The molecule has 0 fully saturated rings. The van der Waals surface area contributed by atoms with E-state index < -0.39 is 9.39 Å². The number of nitrogens with one attached hydrogen (secondary N) is 2. The molecule has 5 heteroatoms. The first-order valence-electron chi connectivity index (χ1n) is 5.20. The van der Waals surface area contributed by atoms with Crippen LogP contribution in [0.25, 0.3) is 0 Å². The maximum absolute atomic E-state index is 14.1. The van der Waals surface area contributed by atoms with Gasteiger partial charge in [-0.15, -0.1) is 9.39 Å². The summed E-state index contributed by atoms with van der Waals surface area (Å²) in [5.41, 5.74) is 1.67. The SMILES string of the molecule is C=S(=C)(NC)c1cc(NC)c(N(C)C)cc1F. The number of anilines is 2. The van der Waals surface area contributed by atoms with Crippen LogP contribution in [0.1, 0.15) is 0 Å². The Kier molecular flexibility index (Phi) is 4.06. The molecule has 17 heavy (non-hydrogen) atoms. The van der Waals surface area contributed by atoms with Crippen molar-refractivity contribution in [1.82, 2.24) is 4.72 Å². The largest absolute Gasteiger partial charge is 0.386 e. The molecule has 0 aliphatic heterocycles. The van der Waals surface area contributed by atoms with E-state index in [0.29, 0.717) is 4.90 Å². The van der Waals surface area contributed by atoms with Crippen LogP contribution in [0.15, 0.2) is 17.0 Å². The zero-order chi connectivity index (χ0) is 13.2. The van der Waals surface area contributed by atoms with Gasteiger partial charge in [0, 0.05) is 32.1 Å². The third-order valence-corrected chi connectivity index (χ3v) is 4.55. The van der Waals surface area contributed by atoms with E-state index in [4.69, 9.17) is 0 Å².